The van der Waals surface area contributed by atoms with Crippen LogP contribution in [0, 0.1) is 6.92 Å². The molecule has 0 saturated carbocycles. The molecule has 0 spiro atoms. The van der Waals surface area contributed by atoms with Gasteiger partial charge in [-0.25, -0.2) is 4.98 Å². The second kappa shape index (κ2) is 7.43. The lowest BCUT2D eigenvalue weighted by Crippen LogP contribution is -2.25. The van der Waals surface area contributed by atoms with Crippen LogP contribution >= 0.6 is 0 Å². The van der Waals surface area contributed by atoms with E-state index in [4.69, 9.17) is 0 Å². The van der Waals surface area contributed by atoms with Crippen molar-refractivity contribution < 1.29 is 4.79 Å². The maximum Gasteiger partial charge on any atom is 0.229 e. The van der Waals surface area contributed by atoms with Crippen LogP contribution < -0.4 is 10.2 Å². The first-order valence-corrected chi connectivity index (χ1v) is 8.60. The second-order valence-corrected chi connectivity index (χ2v) is 6.35. The van der Waals surface area contributed by atoms with Gasteiger partial charge in [0.15, 0.2) is 5.78 Å². The molecule has 5 heteroatoms. The van der Waals surface area contributed by atoms with Gasteiger partial charge in [-0.15, -0.1) is 0 Å². The molecule has 0 radical (unpaired) electrons. The fourth-order valence-electron chi connectivity index (χ4n) is 3.01. The van der Waals surface area contributed by atoms with Crippen molar-refractivity contribution in [3.8, 4) is 0 Å². The molecule has 2 aromatic rings. The van der Waals surface area contributed by atoms with E-state index in [-0.39, 0.29) is 5.78 Å². The zero-order valence-electron chi connectivity index (χ0n) is 14.4. The summed E-state index contributed by atoms with van der Waals surface area (Å²) in [6.45, 7) is 5.66. The Hall–Kier alpha value is -2.43. The number of nitrogens with zero attached hydrogens (tertiary/aromatic N) is 3. The van der Waals surface area contributed by atoms with Crippen molar-refractivity contribution in [1.82, 2.24) is 9.97 Å². The van der Waals surface area contributed by atoms with Crippen molar-refractivity contribution in [2.75, 3.05) is 23.3 Å². The van der Waals surface area contributed by atoms with Crippen molar-refractivity contribution >= 4 is 23.2 Å². The molecular weight excluding hydrogens is 300 g/mol. The molecular formula is C19H24N4O. The second-order valence-electron chi connectivity index (χ2n) is 6.35. The number of hydrogen-bond acceptors (Lipinski definition) is 5. The number of benzene rings is 1. The molecule has 0 unspecified atom stereocenters. The molecule has 1 aromatic carbocycles. The van der Waals surface area contributed by atoms with Gasteiger partial charge in [0.1, 0.15) is 5.82 Å². The highest BCUT2D eigenvalue weighted by Gasteiger charge is 2.13. The minimum atomic E-state index is 0.0501. The monoisotopic (exact) mass is 324 g/mol. The van der Waals surface area contributed by atoms with E-state index in [0.29, 0.717) is 11.5 Å². The van der Waals surface area contributed by atoms with Crippen LogP contribution in [0.2, 0.25) is 0 Å². The highest BCUT2D eigenvalue weighted by atomic mass is 16.1. The van der Waals surface area contributed by atoms with Crippen LogP contribution in [0.3, 0.4) is 0 Å². The van der Waals surface area contributed by atoms with Gasteiger partial charge in [0.2, 0.25) is 5.95 Å². The Morgan fingerprint density at radius 3 is 2.54 bits per heavy atom. The Bertz CT molecular complexity index is 721. The highest BCUT2D eigenvalue weighted by Crippen LogP contribution is 2.21. The van der Waals surface area contributed by atoms with Crippen molar-refractivity contribution in [3.63, 3.8) is 0 Å². The number of nitrogens with one attached hydrogen (secondary N) is 1. The smallest absolute Gasteiger partial charge is 0.229 e. The summed E-state index contributed by atoms with van der Waals surface area (Å²) in [4.78, 5) is 23.1. The number of rotatable bonds is 4. The summed E-state index contributed by atoms with van der Waals surface area (Å²) in [5.74, 6) is 1.61. The summed E-state index contributed by atoms with van der Waals surface area (Å²) in [5, 5.41) is 3.23. The normalized spacial score (nSPS) is 15.0. The Balaban J connectivity index is 1.83. The van der Waals surface area contributed by atoms with Crippen LogP contribution in [-0.2, 0) is 0 Å². The predicted octanol–water partition coefficient (Wildman–Crippen LogP) is 4.11. The fourth-order valence-corrected chi connectivity index (χ4v) is 3.01. The van der Waals surface area contributed by atoms with Crippen molar-refractivity contribution in [2.45, 2.75) is 39.5 Å². The van der Waals surface area contributed by atoms with Gasteiger partial charge in [-0.1, -0.05) is 25.0 Å². The number of hydrogen-bond donors (Lipinski definition) is 1. The van der Waals surface area contributed by atoms with Crippen molar-refractivity contribution in [1.29, 1.82) is 0 Å². The van der Waals surface area contributed by atoms with Crippen LogP contribution in [0.1, 0.15) is 48.7 Å². The number of carbonyl (C=O) groups is 1. The molecule has 0 bridgehead atoms. The van der Waals surface area contributed by atoms with E-state index in [1.54, 1.807) is 6.92 Å². The standard InChI is InChI=1S/C19H24N4O/c1-14-12-18(23-10-5-3-4-6-11-23)22-19(20-14)21-17-9-7-8-16(13-17)15(2)24/h7-9,12-13H,3-6,10-11H2,1-2H3,(H,20,21,22). The molecule has 5 nitrogen and oxygen atoms in total. The molecule has 1 aliphatic rings. The summed E-state index contributed by atoms with van der Waals surface area (Å²) in [6.07, 6.45) is 5.02. The van der Waals surface area contributed by atoms with Crippen LogP contribution in [0.4, 0.5) is 17.5 Å². The van der Waals surface area contributed by atoms with E-state index in [1.165, 1.54) is 25.7 Å². The first-order valence-electron chi connectivity index (χ1n) is 8.60. The van der Waals surface area contributed by atoms with Crippen LogP contribution in [0.5, 0.6) is 0 Å². The summed E-state index contributed by atoms with van der Waals surface area (Å²) >= 11 is 0. The van der Waals surface area contributed by atoms with Gasteiger partial charge in [-0.05, 0) is 38.8 Å². The number of ketones is 1. The van der Waals surface area contributed by atoms with Gasteiger partial charge in [0.25, 0.3) is 0 Å². The molecule has 1 aromatic heterocycles. The van der Waals surface area contributed by atoms with E-state index in [9.17, 15) is 4.79 Å². The van der Waals surface area contributed by atoms with E-state index in [1.807, 2.05) is 37.3 Å². The summed E-state index contributed by atoms with van der Waals surface area (Å²) in [5.41, 5.74) is 2.45. The maximum absolute atomic E-state index is 11.5. The van der Waals surface area contributed by atoms with Gasteiger partial charge in [0, 0.05) is 36.1 Å². The number of aromatic nitrogens is 2. The average Bonchev–Trinajstić information content (AvgIpc) is 2.84. The molecule has 0 atom stereocenters. The van der Waals surface area contributed by atoms with Gasteiger partial charge < -0.3 is 10.2 Å². The number of carbonyl (C=O) groups excluding carboxylic acids is 1. The number of Topliss-reactive ketones (excluding diaryl/α,β-unsaturated/α-hetero) is 1. The third kappa shape index (κ3) is 4.10. The molecule has 2 heterocycles. The first kappa shape index (κ1) is 16.4. The lowest BCUT2D eigenvalue weighted by atomic mass is 10.1. The minimum Gasteiger partial charge on any atom is -0.356 e. The Labute approximate surface area is 143 Å². The largest absolute Gasteiger partial charge is 0.356 e. The summed E-state index contributed by atoms with van der Waals surface area (Å²) < 4.78 is 0. The quantitative estimate of drug-likeness (QED) is 0.858. The lowest BCUT2D eigenvalue weighted by Gasteiger charge is -2.22. The zero-order chi connectivity index (χ0) is 16.9. The Morgan fingerprint density at radius 1 is 1.08 bits per heavy atom. The topological polar surface area (TPSA) is 58.1 Å². The zero-order valence-corrected chi connectivity index (χ0v) is 14.4. The van der Waals surface area contributed by atoms with Gasteiger partial charge in [-0.2, -0.15) is 4.98 Å². The molecule has 24 heavy (non-hydrogen) atoms. The lowest BCUT2D eigenvalue weighted by molar-refractivity contribution is 0.101. The Kier molecular flexibility index (Phi) is 5.08. The minimum absolute atomic E-state index is 0.0501. The number of anilines is 3. The molecule has 1 N–H and O–H groups in total. The maximum atomic E-state index is 11.5. The van der Waals surface area contributed by atoms with Gasteiger partial charge >= 0.3 is 0 Å². The van der Waals surface area contributed by atoms with E-state index >= 15 is 0 Å². The molecule has 1 aliphatic heterocycles. The first-order chi connectivity index (χ1) is 11.6. The van der Waals surface area contributed by atoms with Crippen LogP contribution in [0.25, 0.3) is 0 Å². The van der Waals surface area contributed by atoms with Crippen LogP contribution in [0.15, 0.2) is 30.3 Å². The third-order valence-electron chi connectivity index (χ3n) is 4.30. The van der Waals surface area contributed by atoms with Crippen molar-refractivity contribution in [2.24, 2.45) is 0 Å². The van der Waals surface area contributed by atoms with Crippen LogP contribution in [-0.4, -0.2) is 28.8 Å². The van der Waals surface area contributed by atoms with E-state index in [2.05, 4.69) is 20.2 Å². The molecule has 126 valence electrons. The predicted molar refractivity (Wildman–Crippen MR) is 97.2 cm³/mol. The third-order valence-corrected chi connectivity index (χ3v) is 4.30. The SMILES string of the molecule is CC(=O)c1cccc(Nc2nc(C)cc(N3CCCCCC3)n2)c1. The van der Waals surface area contributed by atoms with Gasteiger partial charge in [0.05, 0.1) is 0 Å². The van der Waals surface area contributed by atoms with Gasteiger partial charge in [-0.3, -0.25) is 4.79 Å². The summed E-state index contributed by atoms with van der Waals surface area (Å²) in [6, 6.07) is 9.48. The number of aryl methyl sites for hydroxylation is 1. The molecule has 1 fully saturated rings. The highest BCUT2D eigenvalue weighted by molar-refractivity contribution is 5.95. The molecule has 0 aliphatic carbocycles. The Morgan fingerprint density at radius 2 is 1.83 bits per heavy atom. The molecule has 1 saturated heterocycles. The van der Waals surface area contributed by atoms with Crippen molar-refractivity contribution in [3.05, 3.63) is 41.6 Å². The van der Waals surface area contributed by atoms with E-state index in [0.717, 1.165) is 30.3 Å². The molecule has 3 rings (SSSR count). The summed E-state index contributed by atoms with van der Waals surface area (Å²) in [7, 11) is 0. The average molecular weight is 324 g/mol. The molecule has 0 amide bonds. The van der Waals surface area contributed by atoms with E-state index < -0.39 is 0 Å². The fraction of sp³-hybridized carbons (Fsp3) is 0.421.